The minimum absolute atomic E-state index is 0. The van der Waals surface area contributed by atoms with Crippen molar-refractivity contribution in [3.8, 4) is 5.75 Å². The number of nitrogens with one attached hydrogen (secondary N) is 1. The number of nitrogens with zero attached hydrogens (tertiary/aromatic N) is 2. The molecule has 2 aliphatic rings. The molecular weight excluding hydrogens is 401 g/mol. The molecule has 0 unspecified atom stereocenters. The fraction of sp³-hybridized carbons (Fsp3) is 0.647. The van der Waals surface area contributed by atoms with Crippen molar-refractivity contribution in [1.29, 1.82) is 0 Å². The van der Waals surface area contributed by atoms with Crippen LogP contribution in [0, 0.1) is 16.0 Å². The maximum atomic E-state index is 11.6. The summed E-state index contributed by atoms with van der Waals surface area (Å²) < 4.78 is 0. The Morgan fingerprint density at radius 3 is 2.38 bits per heavy atom. The zero-order chi connectivity index (χ0) is 17.1. The summed E-state index contributed by atoms with van der Waals surface area (Å²) in [7, 11) is 0. The lowest BCUT2D eigenvalue weighted by molar-refractivity contribution is -0.386. The number of hydrogen-bond acceptors (Lipinski definition) is 5. The fourth-order valence-electron chi connectivity index (χ4n) is 4.15. The van der Waals surface area contributed by atoms with Gasteiger partial charge in [0.2, 0.25) is 0 Å². The number of benzene rings is 1. The van der Waals surface area contributed by atoms with Crippen molar-refractivity contribution in [1.82, 2.24) is 10.2 Å². The van der Waals surface area contributed by atoms with Gasteiger partial charge in [-0.3, -0.25) is 15.0 Å². The van der Waals surface area contributed by atoms with Crippen LogP contribution in [-0.2, 0) is 0 Å². The van der Waals surface area contributed by atoms with Crippen molar-refractivity contribution in [2.75, 3.05) is 26.2 Å². The van der Waals surface area contributed by atoms with Crippen LogP contribution >= 0.6 is 36.4 Å². The Balaban J connectivity index is 0.00000169. The van der Waals surface area contributed by atoms with E-state index >= 15 is 0 Å². The zero-order valence-corrected chi connectivity index (χ0v) is 16.9. The van der Waals surface area contributed by atoms with Gasteiger partial charge in [-0.05, 0) is 24.8 Å². The third-order valence-corrected chi connectivity index (χ3v) is 5.58. The Morgan fingerprint density at radius 1 is 1.19 bits per heavy atom. The second kappa shape index (κ2) is 10.5. The monoisotopic (exact) mass is 425 g/mol. The van der Waals surface area contributed by atoms with Crippen molar-refractivity contribution in [2.24, 2.45) is 5.92 Å². The van der Waals surface area contributed by atoms with Gasteiger partial charge in [-0.1, -0.05) is 30.9 Å². The number of rotatable bonds is 4. The lowest BCUT2D eigenvalue weighted by atomic mass is 9.79. The Kier molecular flexibility index (Phi) is 9.41. The third-order valence-electron chi connectivity index (χ3n) is 5.28. The van der Waals surface area contributed by atoms with Crippen molar-refractivity contribution in [2.45, 2.75) is 38.1 Å². The van der Waals surface area contributed by atoms with Crippen LogP contribution in [0.3, 0.4) is 0 Å². The summed E-state index contributed by atoms with van der Waals surface area (Å²) in [6.07, 6.45) is 5.58. The molecule has 1 saturated heterocycles. The average molecular weight is 427 g/mol. The molecule has 1 aliphatic heterocycles. The number of nitro benzene ring substituents is 1. The lowest BCUT2D eigenvalue weighted by Gasteiger charge is -2.41. The first kappa shape index (κ1) is 23.2. The number of hydrogen-bond donors (Lipinski definition) is 2. The van der Waals surface area contributed by atoms with Crippen LogP contribution in [0.2, 0.25) is 5.02 Å². The molecule has 1 atom stereocenters. The Labute approximate surface area is 171 Å². The van der Waals surface area contributed by atoms with E-state index < -0.39 is 4.92 Å². The van der Waals surface area contributed by atoms with Crippen LogP contribution in [0.25, 0.3) is 0 Å². The van der Waals surface area contributed by atoms with Gasteiger partial charge in [0.15, 0.2) is 0 Å². The van der Waals surface area contributed by atoms with Gasteiger partial charge in [-0.25, -0.2) is 0 Å². The van der Waals surface area contributed by atoms with E-state index in [1.165, 1.54) is 18.6 Å². The normalized spacial score (nSPS) is 19.9. The lowest BCUT2D eigenvalue weighted by Crippen LogP contribution is -2.47. The molecule has 6 nitrogen and oxygen atoms in total. The molecule has 9 heteroatoms. The molecular formula is C17H26Cl3N3O3. The predicted molar refractivity (Wildman–Crippen MR) is 108 cm³/mol. The van der Waals surface area contributed by atoms with Crippen molar-refractivity contribution < 1.29 is 10.0 Å². The van der Waals surface area contributed by atoms with E-state index in [-0.39, 0.29) is 47.3 Å². The molecule has 0 spiro atoms. The van der Waals surface area contributed by atoms with Gasteiger partial charge in [0.1, 0.15) is 5.75 Å². The van der Waals surface area contributed by atoms with Crippen LogP contribution in [0.15, 0.2) is 12.1 Å². The number of phenolic OH excluding ortho intramolecular Hbond substituents is 1. The molecule has 26 heavy (non-hydrogen) atoms. The van der Waals surface area contributed by atoms with Gasteiger partial charge < -0.3 is 10.4 Å². The van der Waals surface area contributed by atoms with E-state index in [0.29, 0.717) is 11.5 Å². The van der Waals surface area contributed by atoms with Gasteiger partial charge in [-0.2, -0.15) is 0 Å². The van der Waals surface area contributed by atoms with Crippen LogP contribution in [0.1, 0.15) is 43.7 Å². The number of halogens is 3. The molecule has 148 valence electrons. The molecule has 1 aromatic rings. The van der Waals surface area contributed by atoms with E-state index in [1.807, 2.05) is 0 Å². The highest BCUT2D eigenvalue weighted by molar-refractivity contribution is 6.32. The number of piperazine rings is 1. The summed E-state index contributed by atoms with van der Waals surface area (Å²) >= 11 is 6.11. The predicted octanol–water partition coefficient (Wildman–Crippen LogP) is 4.32. The van der Waals surface area contributed by atoms with Crippen LogP contribution < -0.4 is 5.32 Å². The van der Waals surface area contributed by atoms with Crippen LogP contribution in [0.5, 0.6) is 5.75 Å². The number of aromatic hydroxyl groups is 1. The molecule has 0 radical (unpaired) electrons. The first-order chi connectivity index (χ1) is 11.6. The molecule has 1 saturated carbocycles. The first-order valence-electron chi connectivity index (χ1n) is 8.70. The highest BCUT2D eigenvalue weighted by Gasteiger charge is 2.37. The second-order valence-corrected chi connectivity index (χ2v) is 7.12. The quantitative estimate of drug-likeness (QED) is 0.553. The highest BCUT2D eigenvalue weighted by atomic mass is 35.5. The minimum atomic E-state index is -0.399. The number of nitro groups is 1. The smallest absolute Gasteiger partial charge is 0.278 e. The fourth-order valence-corrected chi connectivity index (χ4v) is 4.31. The van der Waals surface area contributed by atoms with E-state index in [9.17, 15) is 15.2 Å². The molecule has 2 N–H and O–H groups in total. The van der Waals surface area contributed by atoms with Gasteiger partial charge in [0.25, 0.3) is 5.69 Å². The standard InChI is InChI=1S/C17H24ClN3O3.2ClH/c18-13-6-7-14(21(23)24)15(17(13)22)16(12-4-2-1-3-5-12)20-10-8-19-9-11-20;;/h6-7,12,16,19,22H,1-5,8-11H2;2*1H/t16-;;/m1../s1. The van der Waals surface area contributed by atoms with Gasteiger partial charge in [0.05, 0.1) is 15.5 Å². The van der Waals surface area contributed by atoms with Crippen LogP contribution in [0.4, 0.5) is 5.69 Å². The summed E-state index contributed by atoms with van der Waals surface area (Å²) in [5, 5.41) is 25.7. The van der Waals surface area contributed by atoms with Gasteiger partial charge in [-0.15, -0.1) is 24.8 Å². The summed E-state index contributed by atoms with van der Waals surface area (Å²) in [5.41, 5.74) is 0.382. The maximum absolute atomic E-state index is 11.6. The van der Waals surface area contributed by atoms with E-state index in [4.69, 9.17) is 11.6 Å². The van der Waals surface area contributed by atoms with Gasteiger partial charge in [0, 0.05) is 38.3 Å². The highest BCUT2D eigenvalue weighted by Crippen LogP contribution is 2.47. The summed E-state index contributed by atoms with van der Waals surface area (Å²) in [6, 6.07) is 2.69. The molecule has 0 aromatic heterocycles. The Hall–Kier alpha value is -0.790. The van der Waals surface area contributed by atoms with E-state index in [1.54, 1.807) is 0 Å². The first-order valence-corrected chi connectivity index (χ1v) is 9.08. The molecule has 1 aromatic carbocycles. The Bertz CT molecular complexity index is 588. The largest absolute Gasteiger partial charge is 0.506 e. The molecule has 2 fully saturated rings. The SMILES string of the molecule is Cl.Cl.O=[N+]([O-])c1ccc(Cl)c(O)c1[C@@H](C1CCCCC1)N1CCNCC1. The minimum Gasteiger partial charge on any atom is -0.506 e. The zero-order valence-electron chi connectivity index (χ0n) is 14.5. The Morgan fingerprint density at radius 2 is 1.81 bits per heavy atom. The number of phenols is 1. The maximum Gasteiger partial charge on any atom is 0.278 e. The molecule has 1 aliphatic carbocycles. The van der Waals surface area contributed by atoms with Crippen molar-refractivity contribution >= 4 is 42.1 Å². The van der Waals surface area contributed by atoms with Crippen LogP contribution in [-0.4, -0.2) is 41.1 Å². The second-order valence-electron chi connectivity index (χ2n) is 6.71. The topological polar surface area (TPSA) is 78.6 Å². The van der Waals surface area contributed by atoms with E-state index in [0.717, 1.165) is 51.9 Å². The third kappa shape index (κ3) is 4.93. The molecule has 3 rings (SSSR count). The molecule has 0 bridgehead atoms. The summed E-state index contributed by atoms with van der Waals surface area (Å²) in [6.45, 7) is 3.37. The molecule has 0 amide bonds. The summed E-state index contributed by atoms with van der Waals surface area (Å²) in [5.74, 6) is 0.194. The van der Waals surface area contributed by atoms with Crippen molar-refractivity contribution in [3.63, 3.8) is 0 Å². The average Bonchev–Trinajstić information content (AvgIpc) is 2.60. The van der Waals surface area contributed by atoms with Crippen molar-refractivity contribution in [3.05, 3.63) is 32.8 Å². The van der Waals surface area contributed by atoms with E-state index in [2.05, 4.69) is 10.2 Å². The summed E-state index contributed by atoms with van der Waals surface area (Å²) in [4.78, 5) is 13.5. The molecule has 1 heterocycles. The van der Waals surface area contributed by atoms with Gasteiger partial charge >= 0.3 is 0 Å².